The van der Waals surface area contributed by atoms with Crippen molar-refractivity contribution in [3.05, 3.63) is 106 Å². The predicted molar refractivity (Wildman–Crippen MR) is 165 cm³/mol. The van der Waals surface area contributed by atoms with E-state index in [1.54, 1.807) is 0 Å². The minimum atomic E-state index is -5.08. The zero-order chi connectivity index (χ0) is 36.4. The highest BCUT2D eigenvalue weighted by atomic mass is 35.5. The number of hydrogen-bond donors (Lipinski definition) is 3. The molecule has 2 amide bonds. The van der Waals surface area contributed by atoms with Gasteiger partial charge in [0.15, 0.2) is 0 Å². The number of carbonyl (C=O) groups is 4. The van der Waals surface area contributed by atoms with E-state index >= 15 is 0 Å². The van der Waals surface area contributed by atoms with Crippen LogP contribution in [0.3, 0.4) is 0 Å². The van der Waals surface area contributed by atoms with E-state index in [0.29, 0.717) is 31.2 Å². The largest absolute Gasteiger partial charge is 0.490 e. The highest BCUT2D eigenvalue weighted by Crippen LogP contribution is 2.33. The number of benzene rings is 3. The summed E-state index contributed by atoms with van der Waals surface area (Å²) in [5.41, 5.74) is 4.68. The Morgan fingerprint density at radius 1 is 0.735 bits per heavy atom. The van der Waals surface area contributed by atoms with Gasteiger partial charge < -0.3 is 25.3 Å². The van der Waals surface area contributed by atoms with Crippen molar-refractivity contribution in [3.8, 4) is 0 Å². The molecule has 2 atom stereocenters. The van der Waals surface area contributed by atoms with Gasteiger partial charge in [0.1, 0.15) is 0 Å². The Labute approximate surface area is 282 Å². The Morgan fingerprint density at radius 2 is 1.18 bits per heavy atom. The first-order valence-corrected chi connectivity index (χ1v) is 15.1. The number of nitrogens with zero attached hydrogens (tertiary/aromatic N) is 2. The fraction of sp³-hybridized carbons (Fsp3) is 0.333. The monoisotopic (exact) mass is 715 g/mol. The van der Waals surface area contributed by atoms with E-state index in [1.165, 1.54) is 11.1 Å². The van der Waals surface area contributed by atoms with Crippen LogP contribution in [-0.2, 0) is 32.3 Å². The first kappa shape index (κ1) is 38.8. The molecule has 0 bridgehead atoms. The second-order valence-corrected chi connectivity index (χ2v) is 11.4. The third-order valence-electron chi connectivity index (χ3n) is 7.61. The summed E-state index contributed by atoms with van der Waals surface area (Å²) in [6.07, 6.45) is -9.70. The molecule has 0 aliphatic carbocycles. The SMILES string of the molecule is O=C(CCC(=O)N1CCNCC1C(c1ccccc1)c1ccc(Cl)cc1)N1Cc2ccccc2C1.O=C(O)C(F)(F)F.O=C(O)C(F)(F)F. The quantitative estimate of drug-likeness (QED) is 0.273. The van der Waals surface area contributed by atoms with Crippen LogP contribution >= 0.6 is 11.6 Å². The molecule has 264 valence electrons. The van der Waals surface area contributed by atoms with Gasteiger partial charge in [-0.3, -0.25) is 9.59 Å². The highest BCUT2D eigenvalue weighted by molar-refractivity contribution is 6.30. The highest BCUT2D eigenvalue weighted by Gasteiger charge is 2.39. The summed E-state index contributed by atoms with van der Waals surface area (Å²) in [6, 6.07) is 26.3. The molecule has 0 aromatic heterocycles. The molecule has 3 aromatic carbocycles. The fourth-order valence-electron chi connectivity index (χ4n) is 5.33. The Morgan fingerprint density at radius 3 is 1.67 bits per heavy atom. The number of aliphatic carboxylic acids is 2. The molecule has 9 nitrogen and oxygen atoms in total. The number of fused-ring (bicyclic) bond motifs is 1. The van der Waals surface area contributed by atoms with E-state index in [9.17, 15) is 35.9 Å². The fourth-order valence-corrected chi connectivity index (χ4v) is 5.45. The predicted octanol–water partition coefficient (Wildman–Crippen LogP) is 5.86. The number of piperazine rings is 1. The Kier molecular flexibility index (Phi) is 13.6. The number of amides is 2. The van der Waals surface area contributed by atoms with E-state index in [4.69, 9.17) is 31.4 Å². The van der Waals surface area contributed by atoms with E-state index in [1.807, 2.05) is 64.4 Å². The normalized spacial score (nSPS) is 16.3. The van der Waals surface area contributed by atoms with Crippen LogP contribution in [0, 0.1) is 0 Å². The van der Waals surface area contributed by atoms with E-state index in [-0.39, 0.29) is 36.6 Å². The van der Waals surface area contributed by atoms with Gasteiger partial charge in [-0.05, 0) is 34.4 Å². The molecule has 3 aromatic rings. The van der Waals surface area contributed by atoms with Crippen molar-refractivity contribution in [3.63, 3.8) is 0 Å². The van der Waals surface area contributed by atoms with Crippen LogP contribution in [0.25, 0.3) is 0 Å². The van der Waals surface area contributed by atoms with Crippen molar-refractivity contribution in [1.82, 2.24) is 15.1 Å². The molecule has 0 saturated carbocycles. The van der Waals surface area contributed by atoms with Crippen molar-refractivity contribution >= 4 is 35.4 Å². The van der Waals surface area contributed by atoms with Crippen LogP contribution < -0.4 is 5.32 Å². The van der Waals surface area contributed by atoms with Crippen molar-refractivity contribution in [2.24, 2.45) is 0 Å². The molecule has 2 unspecified atom stereocenters. The van der Waals surface area contributed by atoms with Crippen molar-refractivity contribution < 1.29 is 55.7 Å². The summed E-state index contributed by atoms with van der Waals surface area (Å²) in [6.45, 7) is 3.34. The molecule has 0 radical (unpaired) electrons. The van der Waals surface area contributed by atoms with Crippen LogP contribution in [0.4, 0.5) is 26.3 Å². The summed E-state index contributed by atoms with van der Waals surface area (Å²) in [4.78, 5) is 48.0. The molecule has 3 N–H and O–H groups in total. The lowest BCUT2D eigenvalue weighted by molar-refractivity contribution is -0.193. The number of carbonyl (C=O) groups excluding carboxylic acids is 2. The molecular formula is C33H32ClF6N3O6. The molecule has 2 aliphatic rings. The van der Waals surface area contributed by atoms with Crippen molar-refractivity contribution in [2.75, 3.05) is 19.6 Å². The molecule has 0 spiro atoms. The second kappa shape index (κ2) is 17.2. The molecule has 1 fully saturated rings. The third kappa shape index (κ3) is 11.5. The zero-order valence-electron chi connectivity index (χ0n) is 25.7. The maximum absolute atomic E-state index is 13.5. The summed E-state index contributed by atoms with van der Waals surface area (Å²) >= 11 is 6.17. The lowest BCUT2D eigenvalue weighted by Gasteiger charge is -2.41. The summed E-state index contributed by atoms with van der Waals surface area (Å²) in [7, 11) is 0. The van der Waals surface area contributed by atoms with Gasteiger partial charge in [-0.1, -0.05) is 78.3 Å². The van der Waals surface area contributed by atoms with Crippen LogP contribution in [0.1, 0.15) is 41.0 Å². The summed E-state index contributed by atoms with van der Waals surface area (Å²) < 4.78 is 63.5. The molecule has 2 aliphatic heterocycles. The number of carboxylic acid groups (broad SMARTS) is 2. The van der Waals surface area contributed by atoms with Crippen LogP contribution in [0.5, 0.6) is 0 Å². The Hall–Kier alpha value is -4.63. The third-order valence-corrected chi connectivity index (χ3v) is 7.86. The minimum absolute atomic E-state index is 0.00833. The van der Waals surface area contributed by atoms with Gasteiger partial charge in [-0.2, -0.15) is 26.3 Å². The number of nitrogens with one attached hydrogen (secondary N) is 1. The number of hydrogen-bond acceptors (Lipinski definition) is 5. The standard InChI is InChI=1S/C29H30ClN3O2.2C2HF3O2/c30-25-12-10-22(11-13-25)29(21-6-2-1-3-7-21)26-18-31-16-17-33(26)28(35)15-14-27(34)32-19-23-8-4-5-9-24(23)20-32;2*3-2(4,5)1(6)7/h1-13,26,29,31H,14-20H2;2*(H,6,7). The van der Waals surface area contributed by atoms with Crippen molar-refractivity contribution in [2.45, 2.75) is 50.2 Å². The molecule has 1 saturated heterocycles. The number of rotatable bonds is 6. The molecule has 49 heavy (non-hydrogen) atoms. The maximum Gasteiger partial charge on any atom is 0.490 e. The van der Waals surface area contributed by atoms with Crippen LogP contribution in [0.2, 0.25) is 5.02 Å². The minimum Gasteiger partial charge on any atom is -0.475 e. The summed E-state index contributed by atoms with van der Waals surface area (Å²) in [5.74, 6) is -5.43. The van der Waals surface area contributed by atoms with E-state index < -0.39 is 24.3 Å². The van der Waals surface area contributed by atoms with Crippen molar-refractivity contribution in [1.29, 1.82) is 0 Å². The van der Waals surface area contributed by atoms with Gasteiger partial charge in [0, 0.05) is 56.5 Å². The Balaban J connectivity index is 0.000000392. The van der Waals surface area contributed by atoms with E-state index in [2.05, 4.69) is 29.6 Å². The summed E-state index contributed by atoms with van der Waals surface area (Å²) in [5, 5.41) is 18.4. The van der Waals surface area contributed by atoms with Gasteiger partial charge in [0.2, 0.25) is 11.8 Å². The molecule has 2 heterocycles. The number of halogens is 7. The lowest BCUT2D eigenvalue weighted by atomic mass is 9.83. The Bertz CT molecular complexity index is 1540. The van der Waals surface area contributed by atoms with Crippen LogP contribution in [-0.4, -0.2) is 81.8 Å². The smallest absolute Gasteiger partial charge is 0.475 e. The average Bonchev–Trinajstić information content (AvgIpc) is 3.50. The molecule has 5 rings (SSSR count). The first-order chi connectivity index (χ1) is 23.0. The topological polar surface area (TPSA) is 127 Å². The lowest BCUT2D eigenvalue weighted by Crippen LogP contribution is -2.56. The number of alkyl halides is 6. The second-order valence-electron chi connectivity index (χ2n) is 10.9. The van der Waals surface area contributed by atoms with Gasteiger partial charge in [0.05, 0.1) is 6.04 Å². The average molecular weight is 716 g/mol. The van der Waals surface area contributed by atoms with Gasteiger partial charge >= 0.3 is 24.3 Å². The van der Waals surface area contributed by atoms with Gasteiger partial charge in [0.25, 0.3) is 0 Å². The van der Waals surface area contributed by atoms with E-state index in [0.717, 1.165) is 17.7 Å². The first-order valence-electron chi connectivity index (χ1n) is 14.7. The van der Waals surface area contributed by atoms with Gasteiger partial charge in [-0.15, -0.1) is 0 Å². The zero-order valence-corrected chi connectivity index (χ0v) is 26.4. The molecule has 16 heteroatoms. The maximum atomic E-state index is 13.5. The van der Waals surface area contributed by atoms with Crippen LogP contribution in [0.15, 0.2) is 78.9 Å². The number of carboxylic acids is 2. The van der Waals surface area contributed by atoms with Gasteiger partial charge in [-0.25, -0.2) is 9.59 Å². The molecular weight excluding hydrogens is 684 g/mol.